The third-order valence-electron chi connectivity index (χ3n) is 4.05. The Kier molecular flexibility index (Phi) is 19.4. The fraction of sp³-hybridized carbons (Fsp3) is 0.600. The largest absolute Gasteiger partial charge is 1.00 e. The molecule has 0 saturated heterocycles. The lowest BCUT2D eigenvalue weighted by Gasteiger charge is -1.96. The van der Waals surface area contributed by atoms with E-state index in [4.69, 9.17) is 11.1 Å². The normalized spacial score (nSPS) is 9.12. The van der Waals surface area contributed by atoms with E-state index in [1.807, 2.05) is 46.6 Å². The van der Waals surface area contributed by atoms with Gasteiger partial charge < -0.3 is 34.1 Å². The summed E-state index contributed by atoms with van der Waals surface area (Å²) in [6.07, 6.45) is 16.8. The minimum Gasteiger partial charge on any atom is -1.00 e. The van der Waals surface area contributed by atoms with E-state index in [1.54, 1.807) is 0 Å². The molecule has 0 radical (unpaired) electrons. The molecule has 0 atom stereocenters. The molecule has 2 heterocycles. The fourth-order valence-electron chi connectivity index (χ4n) is 2.42. The molecule has 0 aliphatic rings. The minimum absolute atomic E-state index is 0. The number of carbonyl (C=O) groups is 2. The Hall–Kier alpha value is -3.04. The maximum Gasteiger partial charge on any atom is 0.245 e. The van der Waals surface area contributed by atoms with E-state index in [9.17, 15) is 9.59 Å². The second kappa shape index (κ2) is 19.9. The average Bonchev–Trinajstić information content (AvgIpc) is 3.38. The van der Waals surface area contributed by atoms with Crippen LogP contribution in [0.25, 0.3) is 16.0 Å². The molecule has 2 amide bonds. The Morgan fingerprint density at radius 3 is 1.47 bits per heavy atom. The van der Waals surface area contributed by atoms with Gasteiger partial charge in [-0.1, -0.05) is 26.7 Å². The van der Waals surface area contributed by atoms with Crippen molar-refractivity contribution in [2.75, 3.05) is 0 Å². The minimum atomic E-state index is -0.00110. The first kappa shape index (κ1) is 31.1. The smallest absolute Gasteiger partial charge is 0.245 e. The van der Waals surface area contributed by atoms with Gasteiger partial charge in [0.05, 0.1) is 13.1 Å². The van der Waals surface area contributed by atoms with Gasteiger partial charge in [0, 0.05) is 13.8 Å². The van der Waals surface area contributed by atoms with Crippen LogP contribution >= 0.6 is 0 Å². The van der Waals surface area contributed by atoms with Gasteiger partial charge in [0.15, 0.2) is 13.3 Å². The van der Waals surface area contributed by atoms with Crippen LogP contribution in [-0.4, -0.2) is 20.9 Å². The first-order chi connectivity index (χ1) is 14.9. The zero-order valence-corrected chi connectivity index (χ0v) is 20.2. The third kappa shape index (κ3) is 16.7. The number of halogens is 1. The summed E-state index contributed by atoms with van der Waals surface area (Å²) < 4.78 is 8.17. The van der Waals surface area contributed by atoms with E-state index in [0.717, 1.165) is 13.1 Å². The first-order valence-electron chi connectivity index (χ1n) is 10.4. The number of rotatable bonds is 10. The van der Waals surface area contributed by atoms with E-state index < -0.39 is 0 Å². The highest BCUT2D eigenvalue weighted by Crippen LogP contribution is 1.93. The Bertz CT molecular complexity index is 738. The van der Waals surface area contributed by atoms with Crippen molar-refractivity contribution in [1.82, 2.24) is 19.8 Å². The molecule has 0 bridgehead atoms. The number of amides is 2. The van der Waals surface area contributed by atoms with Crippen molar-refractivity contribution in [1.29, 1.82) is 0 Å². The summed E-state index contributed by atoms with van der Waals surface area (Å²) in [6.45, 7) is 10.6. The number of nitrogens with zero attached hydrogens (tertiary/aromatic N) is 7. The van der Waals surface area contributed by atoms with Gasteiger partial charge in [0.2, 0.25) is 24.5 Å². The average molecular weight is 470 g/mol. The van der Waals surface area contributed by atoms with E-state index in [-0.39, 0.29) is 24.2 Å². The molecule has 0 spiro atoms. The van der Waals surface area contributed by atoms with Crippen molar-refractivity contribution in [2.45, 2.75) is 79.8 Å². The Balaban J connectivity index is 0. The number of carbonyl (C=O) groups excluding carboxylic acids is 2. The monoisotopic (exact) mass is 469 g/mol. The van der Waals surface area contributed by atoms with Crippen LogP contribution in [-0.2, 0) is 36.0 Å². The van der Waals surface area contributed by atoms with E-state index in [2.05, 4.69) is 33.6 Å². The van der Waals surface area contributed by atoms with Gasteiger partial charge >= 0.3 is 0 Å². The van der Waals surface area contributed by atoms with Crippen LogP contribution in [0.4, 0.5) is 0 Å². The molecule has 0 fully saturated rings. The van der Waals surface area contributed by atoms with Crippen LogP contribution in [0.2, 0.25) is 0 Å². The van der Waals surface area contributed by atoms with Gasteiger partial charge in [-0.15, -0.1) is 0 Å². The maximum absolute atomic E-state index is 10.7. The fourth-order valence-corrected chi connectivity index (χ4v) is 2.42. The van der Waals surface area contributed by atoms with Crippen LogP contribution in [0, 0.1) is 0 Å². The summed E-state index contributed by atoms with van der Waals surface area (Å²) >= 11 is 0. The number of nitrogens with one attached hydrogen (secondary N) is 2. The highest BCUT2D eigenvalue weighted by molar-refractivity contribution is 5.72. The van der Waals surface area contributed by atoms with Gasteiger partial charge in [-0.3, -0.25) is 14.5 Å². The first-order valence-corrected chi connectivity index (χ1v) is 10.4. The number of unbranched alkanes of at least 4 members (excludes halogenated alkanes) is 2. The molecule has 0 aliphatic heterocycles. The highest BCUT2D eigenvalue weighted by Gasteiger charge is 2.03. The van der Waals surface area contributed by atoms with Crippen molar-refractivity contribution in [3.8, 4) is 0 Å². The summed E-state index contributed by atoms with van der Waals surface area (Å²) in [5, 5.41) is 5.48. The Morgan fingerprint density at radius 1 is 0.844 bits per heavy atom. The zero-order valence-electron chi connectivity index (χ0n) is 19.4. The number of imidazole rings is 2. The Labute approximate surface area is 196 Å². The summed E-state index contributed by atoms with van der Waals surface area (Å²) in [5.41, 5.74) is 13.5. The molecule has 2 aromatic rings. The van der Waals surface area contributed by atoms with Gasteiger partial charge in [0.25, 0.3) is 0 Å². The van der Waals surface area contributed by atoms with Crippen molar-refractivity contribution in [3.05, 3.63) is 53.4 Å². The summed E-state index contributed by atoms with van der Waals surface area (Å²) in [5.74, 6) is -0.00221. The SMILES string of the molecule is CCCCn1cc[n+](CNC(C)=O)c1.CCCCn1cc[n+](CNC(C)=O)c1.[Cl-].[N-]=[N+]=[N-]. The topological polar surface area (TPSA) is 135 Å². The summed E-state index contributed by atoms with van der Waals surface area (Å²) in [7, 11) is 0. The molecule has 0 aliphatic carbocycles. The molecule has 32 heavy (non-hydrogen) atoms. The van der Waals surface area contributed by atoms with E-state index in [0.29, 0.717) is 13.3 Å². The number of hydrogen-bond acceptors (Lipinski definition) is 2. The van der Waals surface area contributed by atoms with Crippen molar-refractivity contribution < 1.29 is 31.1 Å². The lowest BCUT2D eigenvalue weighted by Crippen LogP contribution is -3.00. The van der Waals surface area contributed by atoms with Gasteiger partial charge in [-0.2, -0.15) is 0 Å². The van der Waals surface area contributed by atoms with Crippen molar-refractivity contribution in [3.63, 3.8) is 0 Å². The number of aryl methyl sites for hydroxylation is 2. The van der Waals surface area contributed by atoms with Crippen LogP contribution in [0.5, 0.6) is 0 Å². The van der Waals surface area contributed by atoms with E-state index >= 15 is 0 Å². The lowest BCUT2D eigenvalue weighted by molar-refractivity contribution is -0.699. The predicted octanol–water partition coefficient (Wildman–Crippen LogP) is -0.791. The van der Waals surface area contributed by atoms with Crippen molar-refractivity contribution in [2.24, 2.45) is 0 Å². The molecule has 0 aromatic carbocycles. The van der Waals surface area contributed by atoms with E-state index in [1.165, 1.54) is 44.4 Å². The molecule has 12 heteroatoms. The maximum atomic E-state index is 10.7. The molecule has 180 valence electrons. The molecule has 11 nitrogen and oxygen atoms in total. The highest BCUT2D eigenvalue weighted by atomic mass is 35.5. The summed E-state index contributed by atoms with van der Waals surface area (Å²) in [4.78, 5) is 22.8. The molecule has 0 saturated carbocycles. The van der Waals surface area contributed by atoms with Gasteiger partial charge in [0.1, 0.15) is 24.8 Å². The molecule has 2 rings (SSSR count). The third-order valence-corrected chi connectivity index (χ3v) is 4.05. The van der Waals surface area contributed by atoms with Gasteiger partial charge in [-0.25, -0.2) is 18.3 Å². The standard InChI is InChI=1S/2C10H17N3O.ClH.N3/c2*1-3-4-5-12-6-7-13(9-12)8-11-10(2)14;;1-3-2/h2*6-7,9H,3-5,8H2,1-2H3;1H;/q;;;-1/p+1. The lowest BCUT2D eigenvalue weighted by atomic mass is 10.3. The second-order valence-electron chi connectivity index (χ2n) is 6.91. The van der Waals surface area contributed by atoms with Crippen LogP contribution in [0.1, 0.15) is 53.4 Å². The molecule has 2 aromatic heterocycles. The quantitative estimate of drug-likeness (QED) is 0.204. The van der Waals surface area contributed by atoms with Crippen LogP contribution in [0.15, 0.2) is 37.4 Å². The number of aromatic nitrogens is 4. The molecule has 2 N–H and O–H groups in total. The summed E-state index contributed by atoms with van der Waals surface area (Å²) in [6, 6.07) is 0. The zero-order chi connectivity index (χ0) is 23.5. The molecular weight excluding hydrogens is 434 g/mol. The van der Waals surface area contributed by atoms with Crippen LogP contribution in [0.3, 0.4) is 0 Å². The molecular formula is C20H36ClN9O2. The molecule has 0 unspecified atom stereocenters. The predicted molar refractivity (Wildman–Crippen MR) is 117 cm³/mol. The van der Waals surface area contributed by atoms with Gasteiger partial charge in [-0.05, 0) is 12.8 Å². The Morgan fingerprint density at radius 2 is 1.19 bits per heavy atom. The second-order valence-corrected chi connectivity index (χ2v) is 6.91. The number of hydrogen-bond donors (Lipinski definition) is 2. The van der Waals surface area contributed by atoms with Crippen LogP contribution < -0.4 is 32.2 Å². The van der Waals surface area contributed by atoms with Crippen molar-refractivity contribution >= 4 is 11.8 Å².